The highest BCUT2D eigenvalue weighted by Gasteiger charge is 2.33. The summed E-state index contributed by atoms with van der Waals surface area (Å²) in [5.41, 5.74) is 0. The maximum atomic E-state index is 5.96. The van der Waals surface area contributed by atoms with Gasteiger partial charge in [0, 0.05) is 18.3 Å². The molecule has 6 nitrogen and oxygen atoms in total. The van der Waals surface area contributed by atoms with Crippen LogP contribution in [0, 0.1) is 11.8 Å². The molecule has 6 heteroatoms. The molecule has 24 heavy (non-hydrogen) atoms. The molecule has 0 spiro atoms. The van der Waals surface area contributed by atoms with Crippen LogP contribution >= 0.6 is 0 Å². The molecule has 1 unspecified atom stereocenters. The second-order valence-corrected chi connectivity index (χ2v) is 7.41. The van der Waals surface area contributed by atoms with Crippen molar-refractivity contribution in [3.05, 3.63) is 0 Å². The van der Waals surface area contributed by atoms with Crippen molar-refractivity contribution < 1.29 is 28.4 Å². The zero-order chi connectivity index (χ0) is 17.4. The quantitative estimate of drug-likeness (QED) is 0.640. The Morgan fingerprint density at radius 2 is 1.50 bits per heavy atom. The minimum absolute atomic E-state index is 0.165. The summed E-state index contributed by atoms with van der Waals surface area (Å²) in [6, 6.07) is 0. The standard InChI is InChI=1S/C18H34O6/c1-14(2)21-9-17-11-23-18(4,24-12-17)6-5-15(3)22-10-16-7-19-13-20-8-16/h14-17H,5-13H2,1-4H3. The lowest BCUT2D eigenvalue weighted by atomic mass is 10.1. The van der Waals surface area contributed by atoms with Crippen molar-refractivity contribution in [1.29, 1.82) is 0 Å². The Morgan fingerprint density at radius 1 is 0.917 bits per heavy atom. The highest BCUT2D eigenvalue weighted by molar-refractivity contribution is 4.73. The summed E-state index contributed by atoms with van der Waals surface area (Å²) in [5, 5.41) is 0. The van der Waals surface area contributed by atoms with Gasteiger partial charge in [-0.05, 0) is 34.1 Å². The van der Waals surface area contributed by atoms with Gasteiger partial charge >= 0.3 is 0 Å². The molecule has 0 aliphatic carbocycles. The molecule has 0 aromatic heterocycles. The van der Waals surface area contributed by atoms with E-state index in [9.17, 15) is 0 Å². The van der Waals surface area contributed by atoms with Crippen molar-refractivity contribution in [1.82, 2.24) is 0 Å². The van der Waals surface area contributed by atoms with Crippen molar-refractivity contribution in [3.8, 4) is 0 Å². The lowest BCUT2D eigenvalue weighted by Crippen LogP contribution is -2.43. The summed E-state index contributed by atoms with van der Waals surface area (Å²) in [6.45, 7) is 12.8. The number of hydrogen-bond donors (Lipinski definition) is 0. The summed E-state index contributed by atoms with van der Waals surface area (Å²) in [6.07, 6.45) is 2.14. The Bertz CT molecular complexity index is 334. The first-order chi connectivity index (χ1) is 11.5. The molecule has 2 heterocycles. The Kier molecular flexibility index (Phi) is 8.40. The first-order valence-corrected chi connectivity index (χ1v) is 9.13. The molecule has 0 saturated carbocycles. The Morgan fingerprint density at radius 3 is 2.12 bits per heavy atom. The van der Waals surface area contributed by atoms with Gasteiger partial charge in [0.15, 0.2) is 5.79 Å². The van der Waals surface area contributed by atoms with Gasteiger partial charge in [-0.15, -0.1) is 0 Å². The highest BCUT2D eigenvalue weighted by Crippen LogP contribution is 2.27. The van der Waals surface area contributed by atoms with Gasteiger partial charge in [-0.25, -0.2) is 0 Å². The van der Waals surface area contributed by atoms with Crippen LogP contribution in [0.3, 0.4) is 0 Å². The molecule has 0 amide bonds. The molecule has 0 N–H and O–H groups in total. The predicted molar refractivity (Wildman–Crippen MR) is 89.8 cm³/mol. The van der Waals surface area contributed by atoms with Crippen LogP contribution in [0.25, 0.3) is 0 Å². The van der Waals surface area contributed by atoms with Gasteiger partial charge in [0.2, 0.25) is 0 Å². The van der Waals surface area contributed by atoms with Crippen LogP contribution in [0.4, 0.5) is 0 Å². The molecule has 2 fully saturated rings. The SMILES string of the molecule is CC(C)OCC1COC(C)(CCC(C)OCC2COCOC2)OC1. The zero-order valence-electron chi connectivity index (χ0n) is 15.6. The Labute approximate surface area is 146 Å². The normalized spacial score (nSPS) is 30.6. The van der Waals surface area contributed by atoms with Crippen LogP contribution in [0.2, 0.25) is 0 Å². The largest absolute Gasteiger partial charge is 0.378 e. The molecule has 2 aliphatic rings. The van der Waals surface area contributed by atoms with Gasteiger partial charge in [0.05, 0.1) is 51.8 Å². The van der Waals surface area contributed by atoms with Gasteiger partial charge in [0.1, 0.15) is 6.79 Å². The molecule has 142 valence electrons. The average molecular weight is 346 g/mol. The van der Waals surface area contributed by atoms with Crippen LogP contribution < -0.4 is 0 Å². The van der Waals surface area contributed by atoms with Crippen LogP contribution in [0.15, 0.2) is 0 Å². The second kappa shape index (κ2) is 10.0. The topological polar surface area (TPSA) is 55.4 Å². The van der Waals surface area contributed by atoms with E-state index in [0.717, 1.165) is 26.1 Å². The monoisotopic (exact) mass is 346 g/mol. The molecule has 2 rings (SSSR count). The van der Waals surface area contributed by atoms with E-state index in [1.807, 2.05) is 20.8 Å². The first-order valence-electron chi connectivity index (χ1n) is 9.13. The minimum atomic E-state index is -0.511. The van der Waals surface area contributed by atoms with E-state index >= 15 is 0 Å². The molecular formula is C18H34O6. The van der Waals surface area contributed by atoms with E-state index in [2.05, 4.69) is 6.92 Å². The van der Waals surface area contributed by atoms with Crippen molar-refractivity contribution in [2.24, 2.45) is 11.8 Å². The number of rotatable bonds is 9. The molecule has 0 radical (unpaired) electrons. The third-order valence-electron chi connectivity index (χ3n) is 4.41. The van der Waals surface area contributed by atoms with E-state index in [1.54, 1.807) is 0 Å². The van der Waals surface area contributed by atoms with Gasteiger partial charge in [-0.1, -0.05) is 0 Å². The first kappa shape index (κ1) is 20.1. The molecule has 0 aromatic rings. The van der Waals surface area contributed by atoms with E-state index < -0.39 is 5.79 Å². The molecule has 1 atom stereocenters. The van der Waals surface area contributed by atoms with Crippen molar-refractivity contribution in [2.75, 3.05) is 46.4 Å². The summed E-state index contributed by atoms with van der Waals surface area (Å²) in [7, 11) is 0. The lowest BCUT2D eigenvalue weighted by Gasteiger charge is -2.38. The third kappa shape index (κ3) is 7.33. The summed E-state index contributed by atoms with van der Waals surface area (Å²) >= 11 is 0. The average Bonchev–Trinajstić information content (AvgIpc) is 2.59. The molecule has 0 bridgehead atoms. The molecule has 0 aromatic carbocycles. The van der Waals surface area contributed by atoms with Crippen molar-refractivity contribution >= 4 is 0 Å². The van der Waals surface area contributed by atoms with E-state index in [0.29, 0.717) is 45.1 Å². The third-order valence-corrected chi connectivity index (χ3v) is 4.41. The molecule has 2 aliphatic heterocycles. The second-order valence-electron chi connectivity index (χ2n) is 7.41. The minimum Gasteiger partial charge on any atom is -0.378 e. The number of hydrogen-bond acceptors (Lipinski definition) is 6. The van der Waals surface area contributed by atoms with E-state index in [1.165, 1.54) is 0 Å². The summed E-state index contributed by atoms with van der Waals surface area (Å²) in [4.78, 5) is 0. The fraction of sp³-hybridized carbons (Fsp3) is 1.00. The van der Waals surface area contributed by atoms with Crippen LogP contribution in [0.1, 0.15) is 40.5 Å². The maximum absolute atomic E-state index is 5.96. The molecular weight excluding hydrogens is 312 g/mol. The van der Waals surface area contributed by atoms with Crippen LogP contribution in [-0.4, -0.2) is 64.4 Å². The summed E-state index contributed by atoms with van der Waals surface area (Å²) in [5.74, 6) is 0.143. The Hall–Kier alpha value is -0.240. The van der Waals surface area contributed by atoms with Gasteiger partial charge in [-0.3, -0.25) is 0 Å². The fourth-order valence-electron chi connectivity index (χ4n) is 2.73. The maximum Gasteiger partial charge on any atom is 0.165 e. The highest BCUT2D eigenvalue weighted by atomic mass is 16.7. The smallest absolute Gasteiger partial charge is 0.165 e. The van der Waals surface area contributed by atoms with Crippen molar-refractivity contribution in [3.63, 3.8) is 0 Å². The number of ether oxygens (including phenoxy) is 6. The van der Waals surface area contributed by atoms with Gasteiger partial charge in [-0.2, -0.15) is 0 Å². The van der Waals surface area contributed by atoms with E-state index in [4.69, 9.17) is 28.4 Å². The Balaban J connectivity index is 1.59. The predicted octanol–water partition coefficient (Wildman–Crippen LogP) is 2.60. The lowest BCUT2D eigenvalue weighted by molar-refractivity contribution is -0.282. The zero-order valence-corrected chi connectivity index (χ0v) is 15.6. The van der Waals surface area contributed by atoms with Gasteiger partial charge < -0.3 is 28.4 Å². The van der Waals surface area contributed by atoms with Crippen LogP contribution in [0.5, 0.6) is 0 Å². The van der Waals surface area contributed by atoms with Crippen molar-refractivity contribution in [2.45, 2.75) is 58.5 Å². The van der Waals surface area contributed by atoms with E-state index in [-0.39, 0.29) is 12.2 Å². The van der Waals surface area contributed by atoms with Gasteiger partial charge in [0.25, 0.3) is 0 Å². The molecule has 2 saturated heterocycles. The fourth-order valence-corrected chi connectivity index (χ4v) is 2.73. The summed E-state index contributed by atoms with van der Waals surface area (Å²) < 4.78 is 34.0. The van der Waals surface area contributed by atoms with Crippen LogP contribution in [-0.2, 0) is 28.4 Å².